The van der Waals surface area contributed by atoms with Gasteiger partial charge < -0.3 is 19.5 Å². The number of ether oxygens (including phenoxy) is 2. The number of rotatable bonds is 6. The van der Waals surface area contributed by atoms with Crippen LogP contribution in [0.3, 0.4) is 0 Å². The maximum atomic E-state index is 13.3. The van der Waals surface area contributed by atoms with Crippen LogP contribution in [0.4, 0.5) is 0 Å². The smallest absolute Gasteiger partial charge is 0.247 e. The van der Waals surface area contributed by atoms with Gasteiger partial charge in [0.15, 0.2) is 0 Å². The average molecular weight is 505 g/mol. The van der Waals surface area contributed by atoms with Gasteiger partial charge in [-0.1, -0.05) is 22.9 Å². The molecule has 0 radical (unpaired) electrons. The maximum Gasteiger partial charge on any atom is 0.247 e. The first-order chi connectivity index (χ1) is 14.2. The highest BCUT2D eigenvalue weighted by Gasteiger charge is 2.38. The van der Waals surface area contributed by atoms with Crippen LogP contribution in [0.1, 0.15) is 26.7 Å². The second kappa shape index (κ2) is 10.3. The third-order valence-corrected chi connectivity index (χ3v) is 8.54. The molecule has 0 saturated carbocycles. The van der Waals surface area contributed by atoms with Gasteiger partial charge >= 0.3 is 0 Å². The lowest BCUT2D eigenvalue weighted by molar-refractivity contribution is 0.0402. The molecule has 2 aliphatic heterocycles. The molecule has 2 heterocycles. The molecule has 1 aromatic rings. The molecule has 0 amide bonds. The zero-order valence-electron chi connectivity index (χ0n) is 18.0. The quantitative estimate of drug-likeness (QED) is 0.641. The fourth-order valence-corrected chi connectivity index (χ4v) is 6.33. The molecule has 30 heavy (non-hydrogen) atoms. The summed E-state index contributed by atoms with van der Waals surface area (Å²) in [6.45, 7) is 7.13. The van der Waals surface area contributed by atoms with E-state index in [9.17, 15) is 13.5 Å². The Hall–Kier alpha value is -0.710. The van der Waals surface area contributed by atoms with Gasteiger partial charge in [-0.15, -0.1) is 0 Å². The van der Waals surface area contributed by atoms with Gasteiger partial charge in [-0.3, -0.25) is 0 Å². The molecule has 1 N–H and O–H groups in total. The lowest BCUT2D eigenvalue weighted by Gasteiger charge is -2.38. The van der Waals surface area contributed by atoms with Gasteiger partial charge in [0.25, 0.3) is 0 Å². The molecule has 1 saturated heterocycles. The first-order valence-corrected chi connectivity index (χ1v) is 12.8. The minimum atomic E-state index is -3.78. The second-order valence-electron chi connectivity index (χ2n) is 8.61. The fraction of sp³-hybridized carbons (Fsp3) is 0.714. The minimum Gasteiger partial charge on any atom is -0.487 e. The van der Waals surface area contributed by atoms with E-state index in [0.717, 1.165) is 37.1 Å². The van der Waals surface area contributed by atoms with Crippen LogP contribution in [0, 0.1) is 11.8 Å². The number of halogens is 1. The van der Waals surface area contributed by atoms with Crippen molar-refractivity contribution in [1.82, 2.24) is 9.21 Å². The predicted octanol–water partition coefficient (Wildman–Crippen LogP) is 2.58. The molecule has 0 aliphatic carbocycles. The summed E-state index contributed by atoms with van der Waals surface area (Å²) in [5, 5.41) is 9.69. The van der Waals surface area contributed by atoms with Gasteiger partial charge in [0.05, 0.1) is 6.61 Å². The average Bonchev–Trinajstić information content (AvgIpc) is 2.70. The summed E-state index contributed by atoms with van der Waals surface area (Å²) in [6, 6.07) is 4.49. The fourth-order valence-electron chi connectivity index (χ4n) is 4.17. The molecule has 3 atom stereocenters. The van der Waals surface area contributed by atoms with Gasteiger partial charge in [-0.2, -0.15) is 4.31 Å². The van der Waals surface area contributed by atoms with E-state index in [-0.39, 0.29) is 23.5 Å². The lowest BCUT2D eigenvalue weighted by Crippen LogP contribution is -2.50. The van der Waals surface area contributed by atoms with Crippen molar-refractivity contribution in [1.29, 1.82) is 0 Å². The van der Waals surface area contributed by atoms with Crippen LogP contribution in [-0.2, 0) is 14.8 Å². The van der Waals surface area contributed by atoms with E-state index >= 15 is 0 Å². The van der Waals surface area contributed by atoms with Crippen LogP contribution in [0.5, 0.6) is 5.75 Å². The topological polar surface area (TPSA) is 79.3 Å². The number of sulfonamides is 1. The number of fused-ring (bicyclic) bond motifs is 1. The van der Waals surface area contributed by atoms with Crippen LogP contribution >= 0.6 is 15.9 Å². The van der Waals surface area contributed by atoms with Crippen molar-refractivity contribution in [2.45, 2.75) is 43.7 Å². The van der Waals surface area contributed by atoms with E-state index in [1.54, 1.807) is 25.1 Å². The Morgan fingerprint density at radius 3 is 2.67 bits per heavy atom. The molecule has 1 aromatic carbocycles. The van der Waals surface area contributed by atoms with E-state index in [2.05, 4.69) is 27.9 Å². The number of benzene rings is 1. The van der Waals surface area contributed by atoms with Crippen LogP contribution in [-0.4, -0.2) is 81.4 Å². The summed E-state index contributed by atoms with van der Waals surface area (Å²) in [7, 11) is -1.68. The number of hydrogen-bond acceptors (Lipinski definition) is 6. The van der Waals surface area contributed by atoms with Crippen molar-refractivity contribution in [3.8, 4) is 5.75 Å². The molecule has 0 spiro atoms. The summed E-state index contributed by atoms with van der Waals surface area (Å²) in [6.07, 6.45) is 1.97. The Kier molecular flexibility index (Phi) is 8.20. The molecule has 2 aliphatic rings. The van der Waals surface area contributed by atoms with Crippen molar-refractivity contribution >= 4 is 26.0 Å². The van der Waals surface area contributed by atoms with Crippen molar-refractivity contribution in [3.63, 3.8) is 0 Å². The molecule has 0 aromatic heterocycles. The van der Waals surface area contributed by atoms with Crippen LogP contribution in [0.25, 0.3) is 0 Å². The number of nitrogens with zero attached hydrogens (tertiary/aromatic N) is 2. The molecule has 9 heteroatoms. The van der Waals surface area contributed by atoms with Crippen LogP contribution < -0.4 is 4.74 Å². The van der Waals surface area contributed by atoms with Gasteiger partial charge in [0.2, 0.25) is 10.0 Å². The van der Waals surface area contributed by atoms with Gasteiger partial charge in [-0.05, 0) is 50.9 Å². The minimum absolute atomic E-state index is 0.0435. The molecule has 0 bridgehead atoms. The summed E-state index contributed by atoms with van der Waals surface area (Å²) in [5.41, 5.74) is 0. The Morgan fingerprint density at radius 2 is 2.00 bits per heavy atom. The monoisotopic (exact) mass is 504 g/mol. The lowest BCUT2D eigenvalue weighted by atomic mass is 9.98. The second-order valence-corrected chi connectivity index (χ2v) is 11.4. The zero-order chi connectivity index (χ0) is 21.9. The third-order valence-electron chi connectivity index (χ3n) is 6.03. The van der Waals surface area contributed by atoms with E-state index in [0.29, 0.717) is 24.8 Å². The van der Waals surface area contributed by atoms with E-state index in [1.807, 2.05) is 6.92 Å². The molecule has 7 nitrogen and oxygen atoms in total. The van der Waals surface area contributed by atoms with Crippen molar-refractivity contribution in [3.05, 3.63) is 22.7 Å². The van der Waals surface area contributed by atoms with E-state index < -0.39 is 16.1 Å². The number of aliphatic hydroxyl groups excluding tert-OH is 1. The highest BCUT2D eigenvalue weighted by atomic mass is 79.9. The third kappa shape index (κ3) is 5.55. The van der Waals surface area contributed by atoms with Gasteiger partial charge in [-0.25, -0.2) is 8.42 Å². The first-order valence-electron chi connectivity index (χ1n) is 10.6. The van der Waals surface area contributed by atoms with Crippen LogP contribution in [0.2, 0.25) is 0 Å². The summed E-state index contributed by atoms with van der Waals surface area (Å²) < 4.78 is 40.6. The molecular formula is C21H33BrN2O5S. The van der Waals surface area contributed by atoms with Gasteiger partial charge in [0, 0.05) is 49.3 Å². The SMILES string of the molecule is C[C@@H]1CN([C@@H](C)CO)S(=O)(=O)c2ccc(Br)cc2O[C@H]1CN(C)CC1CCOCC1. The van der Waals surface area contributed by atoms with E-state index in [4.69, 9.17) is 9.47 Å². The van der Waals surface area contributed by atoms with Crippen molar-refractivity contribution in [2.75, 3.05) is 46.5 Å². The largest absolute Gasteiger partial charge is 0.487 e. The standard InChI is InChI=1S/C21H33BrN2O5S/c1-15-11-24(16(2)14-25)30(26,27)21-5-4-18(22)10-19(21)29-20(15)13-23(3)12-17-6-8-28-9-7-17/h4-5,10,15-17,20,25H,6-9,11-14H2,1-3H3/t15-,16+,20+/m1/s1. The maximum absolute atomic E-state index is 13.3. The predicted molar refractivity (Wildman–Crippen MR) is 119 cm³/mol. The van der Waals surface area contributed by atoms with E-state index in [1.165, 1.54) is 4.31 Å². The summed E-state index contributed by atoms with van der Waals surface area (Å²) in [4.78, 5) is 2.43. The molecular weight excluding hydrogens is 472 g/mol. The number of likely N-dealkylation sites (N-methyl/N-ethyl adjacent to an activating group) is 1. The highest BCUT2D eigenvalue weighted by Crippen LogP contribution is 2.35. The van der Waals surface area contributed by atoms with Crippen LogP contribution in [0.15, 0.2) is 27.6 Å². The normalized spacial score (nSPS) is 26.5. The molecule has 0 unspecified atom stereocenters. The highest BCUT2D eigenvalue weighted by molar-refractivity contribution is 9.10. The Labute approximate surface area is 188 Å². The Morgan fingerprint density at radius 1 is 1.30 bits per heavy atom. The first kappa shape index (κ1) is 23.9. The van der Waals surface area contributed by atoms with Gasteiger partial charge in [0.1, 0.15) is 16.7 Å². The molecule has 170 valence electrons. The zero-order valence-corrected chi connectivity index (χ0v) is 20.4. The van der Waals surface area contributed by atoms with Crippen molar-refractivity contribution < 1.29 is 23.0 Å². The number of aliphatic hydroxyl groups is 1. The summed E-state index contributed by atoms with van der Waals surface area (Å²) in [5.74, 6) is 0.925. The Bertz CT molecular complexity index is 816. The molecule has 3 rings (SSSR count). The Balaban J connectivity index is 1.86. The molecule has 1 fully saturated rings. The summed E-state index contributed by atoms with van der Waals surface area (Å²) >= 11 is 3.43. The van der Waals surface area contributed by atoms with Crippen molar-refractivity contribution in [2.24, 2.45) is 11.8 Å². The number of hydrogen-bond donors (Lipinski definition) is 1.